The Morgan fingerprint density at radius 3 is 2.71 bits per heavy atom. The number of thioether (sulfide) groups is 1. The van der Waals surface area contributed by atoms with E-state index < -0.39 is 0 Å². The molecule has 1 saturated carbocycles. The highest BCUT2D eigenvalue weighted by Crippen LogP contribution is 2.41. The van der Waals surface area contributed by atoms with Crippen molar-refractivity contribution in [3.63, 3.8) is 0 Å². The van der Waals surface area contributed by atoms with Crippen LogP contribution in [0.15, 0.2) is 47.9 Å². The van der Waals surface area contributed by atoms with E-state index in [0.717, 1.165) is 46.4 Å². The van der Waals surface area contributed by atoms with Crippen molar-refractivity contribution in [1.29, 1.82) is 0 Å². The maximum absolute atomic E-state index is 12.6. The molecule has 8 nitrogen and oxygen atoms in total. The zero-order valence-corrected chi connectivity index (χ0v) is 18.0. The van der Waals surface area contributed by atoms with Gasteiger partial charge in [-0.2, -0.15) is 0 Å². The van der Waals surface area contributed by atoms with Crippen LogP contribution in [-0.2, 0) is 4.79 Å². The number of amides is 1. The molecule has 3 aromatic rings. The Labute approximate surface area is 184 Å². The molecule has 0 bridgehead atoms. The van der Waals surface area contributed by atoms with Gasteiger partial charge in [-0.05, 0) is 49.6 Å². The summed E-state index contributed by atoms with van der Waals surface area (Å²) >= 11 is 1.42. The molecule has 160 valence electrons. The number of carbonyl (C=O) groups excluding carboxylic acids is 1. The number of rotatable bonds is 7. The molecule has 31 heavy (non-hydrogen) atoms. The van der Waals surface area contributed by atoms with Crippen molar-refractivity contribution in [3.8, 4) is 22.9 Å². The second-order valence-electron chi connectivity index (χ2n) is 7.62. The number of benzene rings is 1. The van der Waals surface area contributed by atoms with E-state index in [-0.39, 0.29) is 17.7 Å². The van der Waals surface area contributed by atoms with E-state index in [1.807, 2.05) is 37.3 Å². The molecule has 0 spiro atoms. The average Bonchev–Trinajstić information content (AvgIpc) is 3.56. The van der Waals surface area contributed by atoms with Gasteiger partial charge in [0, 0.05) is 24.0 Å². The SMILES string of the molecule is C[C@@H](NC(=O)CSc1nnc(-c2ccncc2)n1C1CC1)c1ccc2c(c1)OCCO2. The fourth-order valence-electron chi connectivity index (χ4n) is 3.56. The van der Waals surface area contributed by atoms with Gasteiger partial charge in [0.15, 0.2) is 22.5 Å². The topological polar surface area (TPSA) is 91.2 Å². The summed E-state index contributed by atoms with van der Waals surface area (Å²) in [6.07, 6.45) is 5.72. The molecule has 1 aliphatic heterocycles. The Bertz CT molecular complexity index is 1080. The van der Waals surface area contributed by atoms with Gasteiger partial charge in [0.05, 0.1) is 11.8 Å². The van der Waals surface area contributed by atoms with Gasteiger partial charge in [-0.15, -0.1) is 10.2 Å². The number of aromatic nitrogens is 4. The van der Waals surface area contributed by atoms with Crippen LogP contribution in [0.25, 0.3) is 11.4 Å². The molecule has 1 fully saturated rings. The Kier molecular flexibility index (Phi) is 5.50. The van der Waals surface area contributed by atoms with Crippen LogP contribution >= 0.6 is 11.8 Å². The van der Waals surface area contributed by atoms with E-state index in [4.69, 9.17) is 9.47 Å². The van der Waals surface area contributed by atoms with Gasteiger partial charge in [0.25, 0.3) is 0 Å². The quantitative estimate of drug-likeness (QED) is 0.566. The molecule has 1 aromatic carbocycles. The van der Waals surface area contributed by atoms with Crippen LogP contribution in [0.1, 0.15) is 37.4 Å². The lowest BCUT2D eigenvalue weighted by molar-refractivity contribution is -0.119. The average molecular weight is 438 g/mol. The Hall–Kier alpha value is -3.07. The zero-order valence-electron chi connectivity index (χ0n) is 17.2. The van der Waals surface area contributed by atoms with E-state index in [2.05, 4.69) is 25.1 Å². The number of nitrogens with one attached hydrogen (secondary N) is 1. The zero-order chi connectivity index (χ0) is 21.2. The van der Waals surface area contributed by atoms with Crippen molar-refractivity contribution in [2.75, 3.05) is 19.0 Å². The molecule has 1 N–H and O–H groups in total. The summed E-state index contributed by atoms with van der Waals surface area (Å²) in [6.45, 7) is 3.06. The van der Waals surface area contributed by atoms with Crippen LogP contribution in [0.3, 0.4) is 0 Å². The van der Waals surface area contributed by atoms with Crippen molar-refractivity contribution >= 4 is 17.7 Å². The lowest BCUT2D eigenvalue weighted by Gasteiger charge is -2.21. The van der Waals surface area contributed by atoms with Crippen LogP contribution in [0.5, 0.6) is 11.5 Å². The van der Waals surface area contributed by atoms with Crippen molar-refractivity contribution < 1.29 is 14.3 Å². The lowest BCUT2D eigenvalue weighted by atomic mass is 10.1. The van der Waals surface area contributed by atoms with E-state index in [9.17, 15) is 4.79 Å². The number of carbonyl (C=O) groups is 1. The normalized spacial score (nSPS) is 16.0. The first-order chi connectivity index (χ1) is 15.2. The number of pyridine rings is 1. The fraction of sp³-hybridized carbons (Fsp3) is 0.364. The standard InChI is InChI=1S/C22H23N5O3S/c1-14(16-2-5-18-19(12-16)30-11-10-29-18)24-20(28)13-31-22-26-25-21(27(22)17-3-4-17)15-6-8-23-9-7-15/h2,5-9,12,14,17H,3-4,10-11,13H2,1H3,(H,24,28)/t14-/m1/s1. The van der Waals surface area contributed by atoms with E-state index in [1.165, 1.54) is 11.8 Å². The second kappa shape index (κ2) is 8.58. The molecule has 1 amide bonds. The van der Waals surface area contributed by atoms with E-state index >= 15 is 0 Å². The van der Waals surface area contributed by atoms with Crippen molar-refractivity contribution in [3.05, 3.63) is 48.3 Å². The van der Waals surface area contributed by atoms with Gasteiger partial charge >= 0.3 is 0 Å². The number of hydrogen-bond donors (Lipinski definition) is 1. The molecule has 9 heteroatoms. The molecule has 0 saturated heterocycles. The van der Waals surface area contributed by atoms with Gasteiger partial charge in [0.1, 0.15) is 13.2 Å². The molecular weight excluding hydrogens is 414 g/mol. The van der Waals surface area contributed by atoms with E-state index in [0.29, 0.717) is 19.3 Å². The molecule has 1 atom stereocenters. The van der Waals surface area contributed by atoms with Crippen LogP contribution in [-0.4, -0.2) is 44.6 Å². The minimum absolute atomic E-state index is 0.0526. The Morgan fingerprint density at radius 2 is 1.94 bits per heavy atom. The smallest absolute Gasteiger partial charge is 0.230 e. The molecule has 5 rings (SSSR count). The van der Waals surface area contributed by atoms with Gasteiger partial charge < -0.3 is 14.8 Å². The second-order valence-corrected chi connectivity index (χ2v) is 8.57. The van der Waals surface area contributed by atoms with Gasteiger partial charge in [0.2, 0.25) is 5.91 Å². The largest absolute Gasteiger partial charge is 0.486 e. The third kappa shape index (κ3) is 4.36. The minimum Gasteiger partial charge on any atom is -0.486 e. The summed E-state index contributed by atoms with van der Waals surface area (Å²) in [4.78, 5) is 16.7. The molecule has 0 radical (unpaired) electrons. The van der Waals surface area contributed by atoms with Crippen LogP contribution in [0.2, 0.25) is 0 Å². The summed E-state index contributed by atoms with van der Waals surface area (Å²) in [6, 6.07) is 9.89. The number of ether oxygens (including phenoxy) is 2. The molecular formula is C22H23N5O3S. The lowest BCUT2D eigenvalue weighted by Crippen LogP contribution is -2.28. The molecule has 3 heterocycles. The molecule has 2 aromatic heterocycles. The van der Waals surface area contributed by atoms with Crippen molar-refractivity contribution in [1.82, 2.24) is 25.1 Å². The van der Waals surface area contributed by atoms with E-state index in [1.54, 1.807) is 12.4 Å². The van der Waals surface area contributed by atoms with Crippen LogP contribution < -0.4 is 14.8 Å². The van der Waals surface area contributed by atoms with Crippen LogP contribution in [0.4, 0.5) is 0 Å². The molecule has 1 aliphatic carbocycles. The Balaban J connectivity index is 1.23. The highest BCUT2D eigenvalue weighted by atomic mass is 32.2. The summed E-state index contributed by atoms with van der Waals surface area (Å²) in [5, 5.41) is 12.6. The molecule has 0 unspecified atom stereocenters. The first-order valence-corrected chi connectivity index (χ1v) is 11.3. The maximum Gasteiger partial charge on any atom is 0.230 e. The number of fused-ring (bicyclic) bond motifs is 1. The molecule has 2 aliphatic rings. The monoisotopic (exact) mass is 437 g/mol. The minimum atomic E-state index is -0.141. The van der Waals surface area contributed by atoms with Crippen molar-refractivity contribution in [2.45, 2.75) is 37.0 Å². The summed E-state index contributed by atoms with van der Waals surface area (Å²) in [7, 11) is 0. The number of nitrogens with zero attached hydrogens (tertiary/aromatic N) is 4. The summed E-state index contributed by atoms with van der Waals surface area (Å²) in [5.41, 5.74) is 1.96. The fourth-order valence-corrected chi connectivity index (χ4v) is 4.38. The predicted molar refractivity (Wildman–Crippen MR) is 116 cm³/mol. The van der Waals surface area contributed by atoms with Gasteiger partial charge in [-0.3, -0.25) is 14.3 Å². The summed E-state index contributed by atoms with van der Waals surface area (Å²) in [5.74, 6) is 2.52. The highest BCUT2D eigenvalue weighted by molar-refractivity contribution is 7.99. The van der Waals surface area contributed by atoms with Crippen LogP contribution in [0, 0.1) is 0 Å². The first kappa shape index (κ1) is 19.9. The van der Waals surface area contributed by atoms with Gasteiger partial charge in [-0.25, -0.2) is 0 Å². The first-order valence-electron chi connectivity index (χ1n) is 10.4. The third-order valence-electron chi connectivity index (χ3n) is 5.29. The Morgan fingerprint density at radius 1 is 1.16 bits per heavy atom. The van der Waals surface area contributed by atoms with Crippen molar-refractivity contribution in [2.24, 2.45) is 0 Å². The third-order valence-corrected chi connectivity index (χ3v) is 6.23. The van der Waals surface area contributed by atoms with Gasteiger partial charge in [-0.1, -0.05) is 17.8 Å². The predicted octanol–water partition coefficient (Wildman–Crippen LogP) is 3.42. The maximum atomic E-state index is 12.6. The highest BCUT2D eigenvalue weighted by Gasteiger charge is 2.30. The summed E-state index contributed by atoms with van der Waals surface area (Å²) < 4.78 is 13.4. The number of hydrogen-bond acceptors (Lipinski definition) is 7.